The number of amides is 2. The molecule has 0 unspecified atom stereocenters. The number of benzene rings is 1. The molecule has 1 aliphatic heterocycles. The second-order valence-electron chi connectivity index (χ2n) is 6.59. The summed E-state index contributed by atoms with van der Waals surface area (Å²) in [5.74, 6) is 1.78. The maximum absolute atomic E-state index is 13.0. The van der Waals surface area contributed by atoms with Gasteiger partial charge in [0, 0.05) is 18.7 Å². The summed E-state index contributed by atoms with van der Waals surface area (Å²) in [6.45, 7) is 3.55. The smallest absolute Gasteiger partial charge is 0.262 e. The predicted octanol–water partition coefficient (Wildman–Crippen LogP) is 2.12. The van der Waals surface area contributed by atoms with Crippen LogP contribution >= 0.6 is 0 Å². The van der Waals surface area contributed by atoms with Gasteiger partial charge in [-0.1, -0.05) is 0 Å². The Balaban J connectivity index is 1.81. The Morgan fingerprint density at radius 1 is 1.19 bits per heavy atom. The second kappa shape index (κ2) is 7.61. The van der Waals surface area contributed by atoms with Crippen LogP contribution in [0.15, 0.2) is 34.7 Å². The monoisotopic (exact) mass is 357 g/mol. The van der Waals surface area contributed by atoms with E-state index in [1.54, 1.807) is 23.1 Å². The van der Waals surface area contributed by atoms with Crippen molar-refractivity contribution < 1.29 is 18.7 Å². The number of hydrogen-bond donors (Lipinski definition) is 1. The number of carbonyl (C=O) groups excluding carboxylic acids is 2. The van der Waals surface area contributed by atoms with Crippen LogP contribution in [0.1, 0.15) is 21.9 Å². The molecule has 1 aromatic heterocycles. The SMILES string of the molecule is Cc1ccc(CN(CCN(C)C)C(=O)c2ccc3c(c2)NC(=O)CO3)o1. The summed E-state index contributed by atoms with van der Waals surface area (Å²) >= 11 is 0. The van der Waals surface area contributed by atoms with Crippen molar-refractivity contribution in [3.8, 4) is 5.75 Å². The van der Waals surface area contributed by atoms with Crippen molar-refractivity contribution in [3.63, 3.8) is 0 Å². The molecule has 7 nitrogen and oxygen atoms in total. The molecule has 0 saturated carbocycles. The lowest BCUT2D eigenvalue weighted by Gasteiger charge is -2.25. The first-order chi connectivity index (χ1) is 12.4. The number of nitrogens with zero attached hydrogens (tertiary/aromatic N) is 2. The summed E-state index contributed by atoms with van der Waals surface area (Å²) in [5, 5.41) is 2.74. The van der Waals surface area contributed by atoms with Gasteiger partial charge in [0.2, 0.25) is 0 Å². The van der Waals surface area contributed by atoms with Gasteiger partial charge in [0.05, 0.1) is 12.2 Å². The highest BCUT2D eigenvalue weighted by Gasteiger charge is 2.22. The minimum absolute atomic E-state index is 0.00685. The largest absolute Gasteiger partial charge is 0.482 e. The zero-order chi connectivity index (χ0) is 18.7. The molecule has 0 saturated heterocycles. The molecule has 0 aliphatic carbocycles. The summed E-state index contributed by atoms with van der Waals surface area (Å²) in [7, 11) is 3.93. The molecule has 3 rings (SSSR count). The molecule has 2 heterocycles. The summed E-state index contributed by atoms with van der Waals surface area (Å²) in [5.41, 5.74) is 1.02. The number of likely N-dealkylation sites (N-methyl/N-ethyl adjacent to an activating group) is 1. The van der Waals surface area contributed by atoms with Crippen LogP contribution in [0.2, 0.25) is 0 Å². The van der Waals surface area contributed by atoms with Crippen molar-refractivity contribution in [1.29, 1.82) is 0 Å². The first-order valence-electron chi connectivity index (χ1n) is 8.48. The maximum Gasteiger partial charge on any atom is 0.262 e. The van der Waals surface area contributed by atoms with Crippen molar-refractivity contribution in [2.45, 2.75) is 13.5 Å². The van der Waals surface area contributed by atoms with E-state index in [0.717, 1.165) is 18.1 Å². The molecule has 0 spiro atoms. The number of aryl methyl sites for hydroxylation is 1. The van der Waals surface area contributed by atoms with Gasteiger partial charge in [0.25, 0.3) is 11.8 Å². The van der Waals surface area contributed by atoms with Crippen LogP contribution in [0.5, 0.6) is 5.75 Å². The molecular weight excluding hydrogens is 334 g/mol. The molecule has 2 aromatic rings. The molecule has 1 aromatic carbocycles. The molecule has 0 radical (unpaired) electrons. The van der Waals surface area contributed by atoms with Crippen LogP contribution in [0, 0.1) is 6.92 Å². The van der Waals surface area contributed by atoms with E-state index in [1.807, 2.05) is 38.1 Å². The Labute approximate surface area is 152 Å². The van der Waals surface area contributed by atoms with E-state index in [2.05, 4.69) is 5.32 Å². The zero-order valence-corrected chi connectivity index (χ0v) is 15.2. The standard InChI is InChI=1S/C19H23N3O4/c1-13-4-6-15(26-13)11-22(9-8-21(2)3)19(24)14-5-7-17-16(10-14)20-18(23)12-25-17/h4-7,10H,8-9,11-12H2,1-3H3,(H,20,23). The minimum atomic E-state index is -0.224. The van der Waals surface area contributed by atoms with Crippen LogP contribution in [-0.2, 0) is 11.3 Å². The third-order valence-corrected chi connectivity index (χ3v) is 4.11. The molecule has 0 bridgehead atoms. The van der Waals surface area contributed by atoms with Gasteiger partial charge in [0.15, 0.2) is 6.61 Å². The van der Waals surface area contributed by atoms with Crippen molar-refractivity contribution in [2.24, 2.45) is 0 Å². The predicted molar refractivity (Wildman–Crippen MR) is 97.3 cm³/mol. The lowest BCUT2D eigenvalue weighted by molar-refractivity contribution is -0.118. The number of nitrogens with one attached hydrogen (secondary N) is 1. The lowest BCUT2D eigenvalue weighted by atomic mass is 10.1. The van der Waals surface area contributed by atoms with Gasteiger partial charge in [-0.2, -0.15) is 0 Å². The van der Waals surface area contributed by atoms with E-state index in [-0.39, 0.29) is 18.4 Å². The Morgan fingerprint density at radius 2 is 2.00 bits per heavy atom. The second-order valence-corrected chi connectivity index (χ2v) is 6.59. The topological polar surface area (TPSA) is 75.0 Å². The fourth-order valence-corrected chi connectivity index (χ4v) is 2.73. The third-order valence-electron chi connectivity index (χ3n) is 4.11. The lowest BCUT2D eigenvalue weighted by Crippen LogP contribution is -2.36. The third kappa shape index (κ3) is 4.23. The van der Waals surface area contributed by atoms with Crippen LogP contribution in [-0.4, -0.2) is 55.4 Å². The van der Waals surface area contributed by atoms with E-state index in [1.165, 1.54) is 0 Å². The van der Waals surface area contributed by atoms with E-state index in [9.17, 15) is 9.59 Å². The number of ether oxygens (including phenoxy) is 1. The molecular formula is C19H23N3O4. The molecule has 138 valence electrons. The summed E-state index contributed by atoms with van der Waals surface area (Å²) in [4.78, 5) is 28.3. The summed E-state index contributed by atoms with van der Waals surface area (Å²) in [6.07, 6.45) is 0. The maximum atomic E-state index is 13.0. The average molecular weight is 357 g/mol. The Kier molecular flexibility index (Phi) is 5.27. The fourth-order valence-electron chi connectivity index (χ4n) is 2.73. The van der Waals surface area contributed by atoms with Gasteiger partial charge in [0.1, 0.15) is 17.3 Å². The molecule has 1 N–H and O–H groups in total. The Morgan fingerprint density at radius 3 is 2.69 bits per heavy atom. The van der Waals surface area contributed by atoms with Crippen molar-refractivity contribution >= 4 is 17.5 Å². The van der Waals surface area contributed by atoms with Crippen LogP contribution in [0.3, 0.4) is 0 Å². The van der Waals surface area contributed by atoms with E-state index in [4.69, 9.17) is 9.15 Å². The first kappa shape index (κ1) is 18.0. The fraction of sp³-hybridized carbons (Fsp3) is 0.368. The zero-order valence-electron chi connectivity index (χ0n) is 15.2. The van der Waals surface area contributed by atoms with Crippen LogP contribution in [0.25, 0.3) is 0 Å². The van der Waals surface area contributed by atoms with Crippen LogP contribution < -0.4 is 10.1 Å². The summed E-state index contributed by atoms with van der Waals surface area (Å²) in [6, 6.07) is 8.85. The minimum Gasteiger partial charge on any atom is -0.482 e. The Hall–Kier alpha value is -2.80. The van der Waals surface area contributed by atoms with Gasteiger partial charge in [-0.05, 0) is 51.4 Å². The van der Waals surface area contributed by atoms with Crippen molar-refractivity contribution in [3.05, 3.63) is 47.4 Å². The van der Waals surface area contributed by atoms with E-state index < -0.39 is 0 Å². The quantitative estimate of drug-likeness (QED) is 0.857. The molecule has 26 heavy (non-hydrogen) atoms. The van der Waals surface area contributed by atoms with Crippen molar-refractivity contribution in [1.82, 2.24) is 9.80 Å². The highest BCUT2D eigenvalue weighted by atomic mass is 16.5. The van der Waals surface area contributed by atoms with E-state index >= 15 is 0 Å². The van der Waals surface area contributed by atoms with Gasteiger partial charge in [-0.3, -0.25) is 9.59 Å². The van der Waals surface area contributed by atoms with Crippen LogP contribution in [0.4, 0.5) is 5.69 Å². The highest BCUT2D eigenvalue weighted by molar-refractivity contribution is 5.99. The molecule has 7 heteroatoms. The number of furan rings is 1. The number of rotatable bonds is 6. The van der Waals surface area contributed by atoms with Gasteiger partial charge in [-0.15, -0.1) is 0 Å². The molecule has 2 amide bonds. The normalized spacial score (nSPS) is 13.2. The molecule has 0 fully saturated rings. The van der Waals surface area contributed by atoms with Crippen molar-refractivity contribution in [2.75, 3.05) is 39.1 Å². The number of anilines is 1. The number of fused-ring (bicyclic) bond motifs is 1. The number of carbonyl (C=O) groups is 2. The number of hydrogen-bond acceptors (Lipinski definition) is 5. The van der Waals surface area contributed by atoms with E-state index in [0.29, 0.717) is 30.1 Å². The summed E-state index contributed by atoms with van der Waals surface area (Å²) < 4.78 is 11.0. The highest BCUT2D eigenvalue weighted by Crippen LogP contribution is 2.29. The Bertz CT molecular complexity index is 813. The van der Waals surface area contributed by atoms with Gasteiger partial charge in [-0.25, -0.2) is 0 Å². The molecule has 1 aliphatic rings. The average Bonchev–Trinajstić information content (AvgIpc) is 3.02. The first-order valence-corrected chi connectivity index (χ1v) is 8.48. The van der Waals surface area contributed by atoms with Gasteiger partial charge < -0.3 is 24.3 Å². The van der Waals surface area contributed by atoms with Gasteiger partial charge >= 0.3 is 0 Å². The molecule has 0 atom stereocenters.